The van der Waals surface area contributed by atoms with E-state index in [0.29, 0.717) is 40.2 Å². The zero-order valence-corrected chi connectivity index (χ0v) is 34.9. The van der Waals surface area contributed by atoms with Gasteiger partial charge in [-0.05, 0) is 99.4 Å². The van der Waals surface area contributed by atoms with E-state index in [1.165, 1.54) is 28.1 Å². The number of amides is 2. The summed E-state index contributed by atoms with van der Waals surface area (Å²) in [5, 5.41) is 28.8. The maximum atomic E-state index is 12.9. The molecule has 7 rings (SSSR count). The van der Waals surface area contributed by atoms with Crippen LogP contribution in [0.15, 0.2) is 77.8 Å². The lowest BCUT2D eigenvalue weighted by Crippen LogP contribution is -2.36. The van der Waals surface area contributed by atoms with Gasteiger partial charge in [-0.3, -0.25) is 9.97 Å². The van der Waals surface area contributed by atoms with Gasteiger partial charge in [0.15, 0.2) is 0 Å². The van der Waals surface area contributed by atoms with Crippen LogP contribution < -0.4 is 10.6 Å². The van der Waals surface area contributed by atoms with E-state index < -0.39 is 53.4 Å². The molecule has 2 amide bonds. The first kappa shape index (κ1) is 43.3. The molecule has 5 aromatic rings. The summed E-state index contributed by atoms with van der Waals surface area (Å²) < 4.78 is 50.3. The number of aliphatic hydroxyl groups excluding tert-OH is 2. The van der Waals surface area contributed by atoms with Crippen LogP contribution in [0, 0.1) is 0 Å². The Balaban J connectivity index is 0.000000208. The number of carbonyl (C=O) groups is 2. The Labute approximate surface area is 347 Å². The Morgan fingerprint density at radius 1 is 0.695 bits per heavy atom. The quantitative estimate of drug-likeness (QED) is 0.137. The first-order chi connectivity index (χ1) is 27.7. The predicted molar refractivity (Wildman–Crippen MR) is 220 cm³/mol. The van der Waals surface area contributed by atoms with Crippen LogP contribution >= 0.6 is 15.9 Å². The van der Waals surface area contributed by atoms with E-state index in [4.69, 9.17) is 9.47 Å². The van der Waals surface area contributed by atoms with Gasteiger partial charge in [-0.15, -0.1) is 0 Å². The van der Waals surface area contributed by atoms with Gasteiger partial charge in [-0.25, -0.2) is 19.6 Å². The van der Waals surface area contributed by atoms with Gasteiger partial charge in [0.2, 0.25) is 0 Å². The minimum absolute atomic E-state index is 0.117. The summed E-state index contributed by atoms with van der Waals surface area (Å²) in [6.45, 7) is 11.7. The van der Waals surface area contributed by atoms with Crippen molar-refractivity contribution in [3.63, 3.8) is 0 Å². The van der Waals surface area contributed by atoms with E-state index in [-0.39, 0.29) is 25.7 Å². The van der Waals surface area contributed by atoms with Crippen LogP contribution in [0.3, 0.4) is 0 Å². The topological polar surface area (TPSA) is 175 Å². The predicted octanol–water partition coefficient (Wildman–Crippen LogP) is 7.49. The number of pyridine rings is 4. The van der Waals surface area contributed by atoms with Gasteiger partial charge in [0.25, 0.3) is 0 Å². The monoisotopic (exact) mass is 882 g/mol. The second-order valence-electron chi connectivity index (χ2n) is 16.3. The van der Waals surface area contributed by atoms with Gasteiger partial charge in [0.05, 0.1) is 58.5 Å². The number of aliphatic hydroxyl groups is 2. The summed E-state index contributed by atoms with van der Waals surface area (Å²) in [7, 11) is 0. The van der Waals surface area contributed by atoms with Crippen LogP contribution in [0.1, 0.15) is 47.1 Å². The van der Waals surface area contributed by atoms with Crippen LogP contribution in [0.2, 0.25) is 0 Å². The number of anilines is 2. The van der Waals surface area contributed by atoms with E-state index in [1.54, 1.807) is 51.5 Å². The molecule has 14 nitrogen and oxygen atoms in total. The molecule has 4 N–H and O–H groups in total. The number of benzene rings is 1. The average Bonchev–Trinajstić information content (AvgIpc) is 3.72. The number of alkyl halides is 3. The molecular formula is C41H46BrF3N8O6. The molecule has 1 aromatic carbocycles. The van der Waals surface area contributed by atoms with E-state index in [2.05, 4.69) is 46.5 Å². The zero-order valence-electron chi connectivity index (χ0n) is 33.3. The fourth-order valence-electron chi connectivity index (χ4n) is 6.55. The largest absolute Gasteiger partial charge is 0.444 e. The third-order valence-corrected chi connectivity index (χ3v) is 9.87. The lowest BCUT2D eigenvalue weighted by molar-refractivity contribution is -0.137. The minimum atomic E-state index is -4.42. The van der Waals surface area contributed by atoms with Gasteiger partial charge >= 0.3 is 18.4 Å². The fourth-order valence-corrected chi connectivity index (χ4v) is 6.97. The van der Waals surface area contributed by atoms with Gasteiger partial charge in [0.1, 0.15) is 22.8 Å². The SMILES string of the molecule is CC(C)(C)OC(=O)N1C[C@H](O)[C@H](Nc2ncc(-c3ccc(C(F)(F)F)cc3)c3ncccc23)C1.CC(C)(C)OC(=O)N1C[C@H](O)[C@H](Nc2ncc(Br)c3ncccc23)C1. The molecule has 2 fully saturated rings. The summed E-state index contributed by atoms with van der Waals surface area (Å²) in [6, 6.07) is 11.3. The van der Waals surface area contributed by atoms with Gasteiger partial charge in [0, 0.05) is 54.2 Å². The van der Waals surface area contributed by atoms with Crippen molar-refractivity contribution in [3.8, 4) is 11.1 Å². The Kier molecular flexibility index (Phi) is 12.5. The Morgan fingerprint density at radius 2 is 1.15 bits per heavy atom. The first-order valence-electron chi connectivity index (χ1n) is 18.8. The second-order valence-corrected chi connectivity index (χ2v) is 17.1. The van der Waals surface area contributed by atoms with Crippen LogP contribution in [0.4, 0.5) is 34.4 Å². The Morgan fingerprint density at radius 3 is 1.63 bits per heavy atom. The number of β-amino-alcohol motifs (C(OH)–C–C–N with tert-alkyl or cyclic N) is 2. The van der Waals surface area contributed by atoms with Gasteiger partial charge in [-0.1, -0.05) is 12.1 Å². The Bertz CT molecular complexity index is 2300. The molecule has 0 aliphatic carbocycles. The van der Waals surface area contributed by atoms with E-state index >= 15 is 0 Å². The number of carbonyl (C=O) groups excluding carboxylic acids is 2. The molecule has 0 bridgehead atoms. The van der Waals surface area contributed by atoms with Crippen molar-refractivity contribution in [2.24, 2.45) is 0 Å². The van der Waals surface area contributed by atoms with Crippen LogP contribution in [-0.2, 0) is 15.7 Å². The molecule has 2 aliphatic heterocycles. The molecule has 314 valence electrons. The summed E-state index contributed by atoms with van der Waals surface area (Å²) in [5.74, 6) is 1.08. The van der Waals surface area contributed by atoms with E-state index in [9.17, 15) is 33.0 Å². The van der Waals surface area contributed by atoms with Crippen LogP contribution in [0.25, 0.3) is 32.9 Å². The highest BCUT2D eigenvalue weighted by molar-refractivity contribution is 9.10. The highest BCUT2D eigenvalue weighted by atomic mass is 79.9. The molecule has 4 atom stereocenters. The number of rotatable bonds is 5. The van der Waals surface area contributed by atoms with E-state index in [0.717, 1.165) is 27.5 Å². The standard InChI is InChI=1S/C24H25F3N4O3.C17H21BrN4O3/c1-23(2,3)34-22(33)31-12-18(19(32)13-31)30-21-16-5-4-10-28-20(16)17(11-29-21)14-6-8-15(9-7-14)24(25,26)27;1-17(2,3)25-16(24)22-8-12(13(23)9-22)21-15-10-5-4-6-19-14(10)11(18)7-20-15/h4-11,18-19,32H,12-13H2,1-3H3,(H,29,30);4-7,12-13,23H,8-9H2,1-3H3,(H,20,21)/t18-,19+;12-,13+/m11/s1. The molecule has 0 spiro atoms. The third-order valence-electron chi connectivity index (χ3n) is 9.29. The number of nitrogens with one attached hydrogen (secondary N) is 2. The molecule has 59 heavy (non-hydrogen) atoms. The molecule has 6 heterocycles. The number of aromatic nitrogens is 4. The second kappa shape index (κ2) is 17.1. The van der Waals surface area contributed by atoms with Crippen molar-refractivity contribution >= 4 is 61.6 Å². The van der Waals surface area contributed by atoms with Crippen molar-refractivity contribution in [2.45, 2.75) is 83.2 Å². The third kappa shape index (κ3) is 10.7. The maximum Gasteiger partial charge on any atom is 0.416 e. The highest BCUT2D eigenvalue weighted by Gasteiger charge is 2.38. The highest BCUT2D eigenvalue weighted by Crippen LogP contribution is 2.35. The van der Waals surface area contributed by atoms with E-state index in [1.807, 2.05) is 32.9 Å². The molecule has 0 saturated carbocycles. The maximum absolute atomic E-state index is 12.9. The number of hydrogen-bond donors (Lipinski definition) is 4. The van der Waals surface area contributed by atoms with Crippen molar-refractivity contribution in [1.82, 2.24) is 29.7 Å². The van der Waals surface area contributed by atoms with Crippen molar-refractivity contribution in [2.75, 3.05) is 36.8 Å². The van der Waals surface area contributed by atoms with Crippen LogP contribution in [0.5, 0.6) is 0 Å². The normalized spacial score (nSPS) is 19.7. The summed E-state index contributed by atoms with van der Waals surface area (Å²) >= 11 is 3.44. The summed E-state index contributed by atoms with van der Waals surface area (Å²) in [6.07, 6.45) is -0.378. The van der Waals surface area contributed by atoms with Gasteiger partial charge < -0.3 is 40.1 Å². The molecular weight excluding hydrogens is 837 g/mol. The molecule has 18 heteroatoms. The molecule has 2 aliphatic rings. The lowest BCUT2D eigenvalue weighted by Gasteiger charge is -2.24. The van der Waals surface area contributed by atoms with Crippen molar-refractivity contribution in [1.29, 1.82) is 0 Å². The fraction of sp³-hybridized carbons (Fsp3) is 0.415. The molecule has 4 aromatic heterocycles. The number of likely N-dealkylation sites (tertiary alicyclic amines) is 2. The zero-order chi connectivity index (χ0) is 42.9. The smallest absolute Gasteiger partial charge is 0.416 e. The number of nitrogens with zero attached hydrogens (tertiary/aromatic N) is 6. The minimum Gasteiger partial charge on any atom is -0.444 e. The Hall–Kier alpha value is -5.33. The first-order valence-corrected chi connectivity index (χ1v) is 19.6. The number of hydrogen-bond acceptors (Lipinski definition) is 12. The van der Waals surface area contributed by atoms with Crippen molar-refractivity contribution in [3.05, 3.63) is 83.4 Å². The molecule has 0 unspecified atom stereocenters. The van der Waals surface area contributed by atoms with Gasteiger partial charge in [-0.2, -0.15) is 13.2 Å². The molecule has 0 radical (unpaired) electrons. The van der Waals surface area contributed by atoms with Crippen LogP contribution in [-0.4, -0.2) is 114 Å². The summed E-state index contributed by atoms with van der Waals surface area (Å²) in [5.41, 5.74) is 0.524. The number of halogens is 4. The summed E-state index contributed by atoms with van der Waals surface area (Å²) in [4.78, 5) is 45.1. The lowest BCUT2D eigenvalue weighted by atomic mass is 10.0. The number of fused-ring (bicyclic) bond motifs is 2. The number of ether oxygens (including phenoxy) is 2. The molecule has 2 saturated heterocycles. The van der Waals surface area contributed by atoms with Crippen molar-refractivity contribution < 1.29 is 42.4 Å². The average molecular weight is 884 g/mol.